The van der Waals surface area contributed by atoms with Crippen LogP contribution in [-0.4, -0.2) is 118 Å². The molecule has 0 spiro atoms. The van der Waals surface area contributed by atoms with E-state index in [1.54, 1.807) is 38.1 Å². The summed E-state index contributed by atoms with van der Waals surface area (Å²) in [6, 6.07) is 21.2. The smallest absolute Gasteiger partial charge is 0.361 e. The van der Waals surface area contributed by atoms with Gasteiger partial charge in [-0.3, -0.25) is 19.2 Å². The molecule has 14 unspecified atom stereocenters. The van der Waals surface area contributed by atoms with Crippen LogP contribution in [0.15, 0.2) is 110 Å². The van der Waals surface area contributed by atoms with Crippen molar-refractivity contribution in [3.05, 3.63) is 133 Å². The lowest BCUT2D eigenvalue weighted by Crippen LogP contribution is -2.39. The van der Waals surface area contributed by atoms with E-state index in [1.807, 2.05) is 98.7 Å². The quantitative estimate of drug-likeness (QED) is 0.0277. The molecule has 14 rings (SSSR count). The number of phenolic OH excluding ortho intramolecular Hbond substituents is 4. The summed E-state index contributed by atoms with van der Waals surface area (Å²) >= 11 is 0. The molecule has 6 aliphatic carbocycles. The van der Waals surface area contributed by atoms with Crippen molar-refractivity contribution in [3.63, 3.8) is 0 Å². The molecule has 4 aromatic rings. The van der Waals surface area contributed by atoms with Gasteiger partial charge < -0.3 is 77.3 Å². The maximum atomic E-state index is 12.1. The van der Waals surface area contributed by atoms with E-state index in [1.165, 1.54) is 49.4 Å². The van der Waals surface area contributed by atoms with Gasteiger partial charge in [-0.05, 0) is 255 Å². The van der Waals surface area contributed by atoms with Gasteiger partial charge in [-0.15, -0.1) is 0 Å². The van der Waals surface area contributed by atoms with Crippen LogP contribution in [0, 0.1) is 46.3 Å². The topological polar surface area (TPSA) is 294 Å². The number of ether oxygens (including phenoxy) is 12. The Morgan fingerprint density at radius 3 is 1.33 bits per heavy atom. The van der Waals surface area contributed by atoms with Gasteiger partial charge in [-0.2, -0.15) is 0 Å². The normalized spacial score (nSPS) is 24.9. The van der Waals surface area contributed by atoms with E-state index < -0.39 is 18.4 Å². The van der Waals surface area contributed by atoms with Crippen molar-refractivity contribution in [2.24, 2.45) is 46.3 Å². The number of phenols is 4. The summed E-state index contributed by atoms with van der Waals surface area (Å²) in [4.78, 5) is 69.7. The Kier molecular flexibility index (Phi) is 32.3. The molecule has 2 saturated heterocycles. The first-order valence-electron chi connectivity index (χ1n) is 40.0. The predicted molar refractivity (Wildman–Crippen MR) is 426 cm³/mol. The molecular weight excluding hydrogens is 1430 g/mol. The van der Waals surface area contributed by atoms with Crippen LogP contribution in [0.2, 0.25) is 0 Å². The Bertz CT molecular complexity index is 3910. The Morgan fingerprint density at radius 2 is 0.893 bits per heavy atom. The fourth-order valence-corrected chi connectivity index (χ4v) is 14.8. The van der Waals surface area contributed by atoms with Crippen LogP contribution < -0.4 is 18.9 Å². The SMILES string of the molecule is C=C(C)C(=O)OC1(C)CCCC1.C=C(C)C(=O)OC1C2CC3C(=O)OC1C3C2.C=Cc1ccc(O)c(O)c1.C=Cc1ccc2c(c1)OC(OCC)O2.CCC(C)(C)C(=O)OC1(C)CCCC1.CCC(C)(C)C(=O)OC1C2CC3C(=O)OC1C3C2.CCC(C)c1ccc(O)c(O)c1.CCOC1Oc2ccc(C(C)CC)cc2O1. The molecule has 22 heteroatoms. The second kappa shape index (κ2) is 40.1. The summed E-state index contributed by atoms with van der Waals surface area (Å²) in [5.41, 5.74) is 3.84. The van der Waals surface area contributed by atoms with Gasteiger partial charge in [0.05, 0.1) is 35.9 Å². The highest BCUT2D eigenvalue weighted by Crippen LogP contribution is 2.57. The number of benzene rings is 4. The predicted octanol–water partition coefficient (Wildman–Crippen LogP) is 18.8. The molecule has 22 nitrogen and oxygen atoms in total. The molecule has 10 aliphatic rings. The second-order valence-corrected chi connectivity index (χ2v) is 32.6. The second-order valence-electron chi connectivity index (χ2n) is 32.6. The monoisotopic (exact) mass is 1560 g/mol. The van der Waals surface area contributed by atoms with Crippen LogP contribution in [0.5, 0.6) is 46.0 Å². The molecule has 0 aromatic heterocycles. The van der Waals surface area contributed by atoms with Crippen molar-refractivity contribution in [3.8, 4) is 46.0 Å². The molecule has 14 atom stereocenters. The van der Waals surface area contributed by atoms with E-state index in [0.29, 0.717) is 65.4 Å². The third-order valence-corrected chi connectivity index (χ3v) is 23.2. The minimum atomic E-state index is -0.602. The molecule has 4 N–H and O–H groups in total. The van der Waals surface area contributed by atoms with E-state index in [-0.39, 0.29) is 118 Å². The highest BCUT2D eigenvalue weighted by molar-refractivity contribution is 5.88. The van der Waals surface area contributed by atoms with Crippen LogP contribution in [0.25, 0.3) is 12.2 Å². The highest BCUT2D eigenvalue weighted by atomic mass is 16.9. The average Bonchev–Trinajstić information content (AvgIpc) is 1.58. The lowest BCUT2D eigenvalue weighted by Gasteiger charge is -2.29. The van der Waals surface area contributed by atoms with Gasteiger partial charge >= 0.3 is 48.8 Å². The molecule has 0 amide bonds. The van der Waals surface area contributed by atoms with E-state index in [2.05, 4.69) is 67.0 Å². The largest absolute Gasteiger partial charge is 0.504 e. The van der Waals surface area contributed by atoms with Crippen LogP contribution in [0.3, 0.4) is 0 Å². The number of aromatic hydroxyl groups is 4. The number of fused-ring (bicyclic) bond motifs is 4. The Balaban J connectivity index is 0.000000179. The Labute approximate surface area is 662 Å². The summed E-state index contributed by atoms with van der Waals surface area (Å²) in [7, 11) is 0. The maximum Gasteiger partial charge on any atom is 0.361 e. The summed E-state index contributed by atoms with van der Waals surface area (Å²) < 4.78 is 64.9. The van der Waals surface area contributed by atoms with Gasteiger partial charge in [0.15, 0.2) is 46.0 Å². The van der Waals surface area contributed by atoms with E-state index in [4.69, 9.17) is 72.2 Å². The van der Waals surface area contributed by atoms with Gasteiger partial charge in [0.2, 0.25) is 0 Å². The zero-order valence-corrected chi connectivity index (χ0v) is 68.9. The summed E-state index contributed by atoms with van der Waals surface area (Å²) in [6.07, 6.45) is 18.6. The van der Waals surface area contributed by atoms with Crippen molar-refractivity contribution < 1.29 is 106 Å². The van der Waals surface area contributed by atoms with Crippen molar-refractivity contribution in [1.82, 2.24) is 0 Å². The molecule has 112 heavy (non-hydrogen) atoms. The fraction of sp³-hybridized carbons (Fsp3) is 0.578. The summed E-state index contributed by atoms with van der Waals surface area (Å²) in [5, 5.41) is 36.0. The van der Waals surface area contributed by atoms with Crippen LogP contribution in [0.4, 0.5) is 0 Å². The molecule has 4 heterocycles. The highest BCUT2D eigenvalue weighted by Gasteiger charge is 2.64. The summed E-state index contributed by atoms with van der Waals surface area (Å²) in [5.74, 6) is 3.97. The van der Waals surface area contributed by atoms with Gasteiger partial charge in [-0.1, -0.05) is 104 Å². The van der Waals surface area contributed by atoms with Crippen LogP contribution >= 0.6 is 0 Å². The molecule has 4 bridgehead atoms. The van der Waals surface area contributed by atoms with Crippen molar-refractivity contribution >= 4 is 48.0 Å². The maximum absolute atomic E-state index is 12.1. The zero-order valence-electron chi connectivity index (χ0n) is 68.9. The third-order valence-electron chi connectivity index (χ3n) is 23.2. The molecule has 0 radical (unpaired) electrons. The minimum Gasteiger partial charge on any atom is -0.504 e. The lowest BCUT2D eigenvalue weighted by molar-refractivity contribution is -0.173. The zero-order chi connectivity index (χ0) is 82.7. The van der Waals surface area contributed by atoms with E-state index >= 15 is 0 Å². The standard InChI is InChI=1S/C14H20O4.C13H18O3.C12H14O4.C12H22O2.C11H12O3.C10H16O2.C10H14O2.C8H8O2/c1-4-14(2,3)13(16)18-10-7-5-8-9(6-7)12(15)17-11(8)10;1-4-9(3)10-6-7-11-12(8-10)16-13(15-11)14-5-2;1-5(2)11(13)15-9-6-3-7-8(4-6)12(14)16-10(7)9;1-5-11(2,3)10(13)14-12(4)8-6-7-9-12;1-3-8-5-6-9-10(7-8)14-11(13-9)12-4-2;1-8(2)9(11)12-10(3)6-4-5-7-10;1-3-7(2)8-4-5-9(11)10(12)6-8;1-2-6-3-4-7(9)8(10)5-6/h7-11H,4-6H2,1-3H3;6-9,13H,4-5H2,1-3H3;6-10H,1,3-4H2,2H3;5-9H2,1-4H3;3,5-7,11H,1,4H2,2H3;1,4-7H2,2-3H3;4-7,11-12H,3H2,1-2H3;2-5,9-10H,1H2. The van der Waals surface area contributed by atoms with E-state index in [9.17, 15) is 33.9 Å². The van der Waals surface area contributed by atoms with Gasteiger partial charge in [-0.25, -0.2) is 9.59 Å². The van der Waals surface area contributed by atoms with Crippen LogP contribution in [0.1, 0.15) is 248 Å². The number of carbonyl (C=O) groups excluding carboxylic acids is 6. The van der Waals surface area contributed by atoms with Gasteiger partial charge in [0, 0.05) is 34.8 Å². The lowest BCUT2D eigenvalue weighted by atomic mass is 9.87. The first-order valence-corrected chi connectivity index (χ1v) is 40.0. The number of hydrogen-bond donors (Lipinski definition) is 4. The first kappa shape index (κ1) is 90.2. The summed E-state index contributed by atoms with van der Waals surface area (Å²) in [6.45, 7) is 45.7. The number of esters is 6. The molecular formula is C90H124O22. The van der Waals surface area contributed by atoms with Crippen molar-refractivity contribution in [1.29, 1.82) is 0 Å². The third kappa shape index (κ3) is 23.6. The number of rotatable bonds is 20. The Hall–Kier alpha value is -9.02. The van der Waals surface area contributed by atoms with Gasteiger partial charge in [0.1, 0.15) is 35.6 Å². The fourth-order valence-electron chi connectivity index (χ4n) is 14.8. The molecule has 8 fully saturated rings. The average molecular weight is 1560 g/mol. The van der Waals surface area contributed by atoms with Crippen molar-refractivity contribution in [2.75, 3.05) is 13.2 Å². The Morgan fingerprint density at radius 1 is 0.500 bits per heavy atom. The molecule has 6 saturated carbocycles. The van der Waals surface area contributed by atoms with Crippen LogP contribution in [-0.2, 0) is 66.7 Å². The minimum absolute atomic E-state index is 0.0344. The molecule has 616 valence electrons. The first-order chi connectivity index (χ1) is 52.9. The molecule has 4 aromatic carbocycles. The van der Waals surface area contributed by atoms with Crippen molar-refractivity contribution in [2.45, 2.75) is 274 Å². The van der Waals surface area contributed by atoms with E-state index in [0.717, 1.165) is 105 Å². The van der Waals surface area contributed by atoms with Gasteiger partial charge in [0.25, 0.3) is 0 Å². The number of hydrogen-bond acceptors (Lipinski definition) is 22. The number of carbonyl (C=O) groups is 6. The molecule has 4 aliphatic heterocycles.